The molecule has 0 atom stereocenters. The molecule has 0 amide bonds. The minimum atomic E-state index is -0.496. The number of ether oxygens (including phenoxy) is 2. The van der Waals surface area contributed by atoms with E-state index in [1.54, 1.807) is 42.5 Å². The van der Waals surface area contributed by atoms with Crippen molar-refractivity contribution in [1.82, 2.24) is 4.57 Å². The fraction of sp³-hybridized carbons (Fsp3) is 0.111. The number of halogens is 2. The van der Waals surface area contributed by atoms with Gasteiger partial charge in [0.1, 0.15) is 5.75 Å². The molecule has 0 N–H and O–H groups in total. The van der Waals surface area contributed by atoms with Gasteiger partial charge in [0.2, 0.25) is 0 Å². The highest BCUT2D eigenvalue weighted by molar-refractivity contribution is 9.10. The molecule has 1 heterocycles. The Hall–Kier alpha value is -2.31. The van der Waals surface area contributed by atoms with Crippen molar-refractivity contribution in [2.24, 2.45) is 0 Å². The summed E-state index contributed by atoms with van der Waals surface area (Å²) in [6.07, 6.45) is 1.47. The van der Waals surface area contributed by atoms with Gasteiger partial charge in [0.05, 0.1) is 22.7 Å². The summed E-state index contributed by atoms with van der Waals surface area (Å²) >= 11 is 9.22. The Balaban J connectivity index is 1.88. The maximum absolute atomic E-state index is 12.6. The zero-order chi connectivity index (χ0) is 18.0. The van der Waals surface area contributed by atoms with E-state index in [2.05, 4.69) is 15.9 Å². The molecule has 0 aliphatic heterocycles. The first kappa shape index (κ1) is 17.5. The summed E-state index contributed by atoms with van der Waals surface area (Å²) in [6.45, 7) is -0.195. The van der Waals surface area contributed by atoms with Crippen molar-refractivity contribution in [2.75, 3.05) is 13.7 Å². The fourth-order valence-corrected chi connectivity index (χ4v) is 3.26. The summed E-state index contributed by atoms with van der Waals surface area (Å²) in [7, 11) is 1.30. The van der Waals surface area contributed by atoms with Gasteiger partial charge < -0.3 is 9.47 Å². The number of nitrogens with zero attached hydrogens (tertiary/aromatic N) is 1. The summed E-state index contributed by atoms with van der Waals surface area (Å²) in [6, 6.07) is 12.1. The van der Waals surface area contributed by atoms with Crippen molar-refractivity contribution in [2.45, 2.75) is 0 Å². The van der Waals surface area contributed by atoms with E-state index in [1.165, 1.54) is 17.9 Å². The van der Waals surface area contributed by atoms with Gasteiger partial charge in [0, 0.05) is 16.6 Å². The molecule has 0 spiro atoms. The van der Waals surface area contributed by atoms with Crippen LogP contribution in [0, 0.1) is 0 Å². The number of carbonyl (C=O) groups is 2. The Morgan fingerprint density at radius 1 is 1.20 bits per heavy atom. The minimum absolute atomic E-state index is 0.195. The maximum Gasteiger partial charge on any atom is 0.340 e. The van der Waals surface area contributed by atoms with Gasteiger partial charge in [-0.1, -0.05) is 29.8 Å². The van der Waals surface area contributed by atoms with Crippen LogP contribution in [-0.4, -0.2) is 30.2 Å². The lowest BCUT2D eigenvalue weighted by molar-refractivity contribution is 0.0603. The van der Waals surface area contributed by atoms with Crippen molar-refractivity contribution in [1.29, 1.82) is 0 Å². The molecule has 128 valence electrons. The molecule has 3 rings (SSSR count). The maximum atomic E-state index is 12.6. The molecule has 0 saturated heterocycles. The number of aromatic nitrogens is 1. The molecule has 0 unspecified atom stereocenters. The third-order valence-electron chi connectivity index (χ3n) is 3.63. The van der Waals surface area contributed by atoms with Gasteiger partial charge in [-0.15, -0.1) is 0 Å². The average Bonchev–Trinajstić information content (AvgIpc) is 3.00. The van der Waals surface area contributed by atoms with Crippen molar-refractivity contribution in [3.05, 3.63) is 63.7 Å². The molecule has 0 aliphatic rings. The van der Waals surface area contributed by atoms with E-state index in [-0.39, 0.29) is 12.5 Å². The zero-order valence-electron chi connectivity index (χ0n) is 13.2. The number of hydrogen-bond acceptors (Lipinski definition) is 4. The van der Waals surface area contributed by atoms with E-state index in [9.17, 15) is 9.59 Å². The molecular formula is C18H13BrClNO4. The van der Waals surface area contributed by atoms with Crippen molar-refractivity contribution in [3.63, 3.8) is 0 Å². The van der Waals surface area contributed by atoms with Crippen LogP contribution in [0.3, 0.4) is 0 Å². The molecule has 0 bridgehead atoms. The third kappa shape index (κ3) is 3.55. The Labute approximate surface area is 157 Å². The smallest absolute Gasteiger partial charge is 0.340 e. The monoisotopic (exact) mass is 421 g/mol. The molecule has 25 heavy (non-hydrogen) atoms. The van der Waals surface area contributed by atoms with Gasteiger partial charge in [-0.25, -0.2) is 4.79 Å². The van der Waals surface area contributed by atoms with Gasteiger partial charge in [-0.05, 0) is 40.2 Å². The van der Waals surface area contributed by atoms with E-state index >= 15 is 0 Å². The largest absolute Gasteiger partial charge is 0.483 e. The number of rotatable bonds is 4. The van der Waals surface area contributed by atoms with E-state index in [1.807, 2.05) is 0 Å². The number of benzene rings is 2. The second-order valence-corrected chi connectivity index (χ2v) is 6.47. The van der Waals surface area contributed by atoms with E-state index in [0.717, 1.165) is 0 Å². The highest BCUT2D eigenvalue weighted by Gasteiger charge is 2.19. The van der Waals surface area contributed by atoms with Crippen LogP contribution in [0.5, 0.6) is 5.75 Å². The highest BCUT2D eigenvalue weighted by Crippen LogP contribution is 2.28. The first-order valence-electron chi connectivity index (χ1n) is 7.30. The van der Waals surface area contributed by atoms with Crippen LogP contribution in [0.4, 0.5) is 0 Å². The molecule has 0 fully saturated rings. The van der Waals surface area contributed by atoms with Crippen LogP contribution in [-0.2, 0) is 4.74 Å². The second kappa shape index (κ2) is 7.29. The van der Waals surface area contributed by atoms with Crippen LogP contribution in [0.25, 0.3) is 10.9 Å². The lowest BCUT2D eigenvalue weighted by Gasteiger charge is -2.09. The molecule has 3 aromatic rings. The molecule has 0 radical (unpaired) electrons. The van der Waals surface area contributed by atoms with Crippen LogP contribution in [0.2, 0.25) is 5.02 Å². The van der Waals surface area contributed by atoms with Gasteiger partial charge in [0.25, 0.3) is 5.91 Å². The first-order chi connectivity index (χ1) is 12.0. The summed E-state index contributed by atoms with van der Waals surface area (Å²) in [5.41, 5.74) is 0.950. The first-order valence-corrected chi connectivity index (χ1v) is 8.48. The van der Waals surface area contributed by atoms with E-state index < -0.39 is 5.97 Å². The Morgan fingerprint density at radius 3 is 2.68 bits per heavy atom. The molecule has 7 heteroatoms. The molecular weight excluding hydrogens is 410 g/mol. The molecule has 0 saturated carbocycles. The molecule has 5 nitrogen and oxygen atoms in total. The summed E-state index contributed by atoms with van der Waals surface area (Å²) < 4.78 is 12.4. The fourth-order valence-electron chi connectivity index (χ4n) is 2.46. The summed E-state index contributed by atoms with van der Waals surface area (Å²) in [4.78, 5) is 24.5. The SMILES string of the molecule is COC(=O)c1cn(C(=O)COc2ccc(Cl)cc2Br)c2ccccc12. The van der Waals surface area contributed by atoms with Crippen molar-refractivity contribution < 1.29 is 19.1 Å². The number of methoxy groups -OCH3 is 1. The van der Waals surface area contributed by atoms with Crippen molar-refractivity contribution in [3.8, 4) is 5.75 Å². The van der Waals surface area contributed by atoms with Crippen LogP contribution in [0.15, 0.2) is 53.1 Å². The topological polar surface area (TPSA) is 57.5 Å². The Bertz CT molecular complexity index is 967. The summed E-state index contributed by atoms with van der Waals surface area (Å²) in [5.74, 6) is -0.306. The Morgan fingerprint density at radius 2 is 1.96 bits per heavy atom. The molecule has 2 aromatic carbocycles. The number of esters is 1. The Kier molecular flexibility index (Phi) is 5.11. The summed E-state index contributed by atoms with van der Waals surface area (Å²) in [5, 5.41) is 1.21. The lowest BCUT2D eigenvalue weighted by atomic mass is 10.2. The van der Waals surface area contributed by atoms with Gasteiger partial charge >= 0.3 is 5.97 Å². The predicted octanol–water partition coefficient (Wildman–Crippen LogP) is 4.56. The van der Waals surface area contributed by atoms with Crippen LogP contribution >= 0.6 is 27.5 Å². The second-order valence-electron chi connectivity index (χ2n) is 5.18. The average molecular weight is 423 g/mol. The van der Waals surface area contributed by atoms with Gasteiger partial charge in [0.15, 0.2) is 6.61 Å². The molecule has 1 aromatic heterocycles. The van der Waals surface area contributed by atoms with Gasteiger partial charge in [-0.3, -0.25) is 9.36 Å². The highest BCUT2D eigenvalue weighted by atomic mass is 79.9. The standard InChI is InChI=1S/C18H13BrClNO4/c1-24-18(23)13-9-21(15-5-3-2-4-12(13)15)17(22)10-25-16-7-6-11(20)8-14(16)19/h2-9H,10H2,1H3. The van der Waals surface area contributed by atoms with E-state index in [4.69, 9.17) is 21.1 Å². The number of hydrogen-bond donors (Lipinski definition) is 0. The number of fused-ring (bicyclic) bond motifs is 1. The number of para-hydroxylation sites is 1. The molecule has 0 aliphatic carbocycles. The normalized spacial score (nSPS) is 10.7. The zero-order valence-corrected chi connectivity index (χ0v) is 15.5. The number of carbonyl (C=O) groups excluding carboxylic acids is 2. The van der Waals surface area contributed by atoms with Crippen molar-refractivity contribution >= 4 is 50.3 Å². The van der Waals surface area contributed by atoms with E-state index in [0.29, 0.717) is 31.7 Å². The van der Waals surface area contributed by atoms with Gasteiger partial charge in [-0.2, -0.15) is 0 Å². The minimum Gasteiger partial charge on any atom is -0.483 e. The third-order valence-corrected chi connectivity index (χ3v) is 4.49. The van der Waals surface area contributed by atoms with Crippen LogP contribution < -0.4 is 4.74 Å². The van der Waals surface area contributed by atoms with Crippen LogP contribution in [0.1, 0.15) is 15.2 Å². The lowest BCUT2D eigenvalue weighted by Crippen LogP contribution is -2.18. The predicted molar refractivity (Wildman–Crippen MR) is 98.6 cm³/mol. The quantitative estimate of drug-likeness (QED) is 0.578.